The number of rotatable bonds is 5. The van der Waals surface area contributed by atoms with Crippen molar-refractivity contribution >= 4 is 7.82 Å². The van der Waals surface area contributed by atoms with Crippen molar-refractivity contribution in [3.8, 4) is 0 Å². The first-order valence-electron chi connectivity index (χ1n) is 4.61. The third-order valence-corrected chi connectivity index (χ3v) is 1.72. The summed E-state index contributed by atoms with van der Waals surface area (Å²) in [4.78, 5) is 26.2. The normalized spacial score (nSPS) is 13.0. The summed E-state index contributed by atoms with van der Waals surface area (Å²) in [5.41, 5.74) is 0. The Bertz CT molecular complexity index is 149. The van der Waals surface area contributed by atoms with Crippen molar-refractivity contribution in [1.82, 2.24) is 0 Å². The zero-order valence-corrected chi connectivity index (χ0v) is 10.4. The molecule has 0 aliphatic carbocycles. The molecule has 0 aromatic heterocycles. The molecule has 6 heteroatoms. The molecular weight excluding hydrogens is 250 g/mol. The molecule has 1 atom stereocenters. The van der Waals surface area contributed by atoms with E-state index in [0.29, 0.717) is 4.89 Å². The topological polar surface area (TPSA) is 86.2 Å². The van der Waals surface area contributed by atoms with Crippen LogP contribution in [-0.4, -0.2) is 0 Å². The molecule has 0 amide bonds. The molecule has 0 fully saturated rings. The van der Waals surface area contributed by atoms with Gasteiger partial charge in [-0.2, -0.15) is 7.82 Å². The molecule has 0 aromatic rings. The molecule has 4 nitrogen and oxygen atoms in total. The summed E-state index contributed by atoms with van der Waals surface area (Å²) in [6, 6.07) is 0. The zero-order chi connectivity index (χ0) is 11.6. The van der Waals surface area contributed by atoms with Gasteiger partial charge in [0, 0.05) is 0 Å². The van der Waals surface area contributed by atoms with Crippen molar-refractivity contribution < 1.29 is 34.7 Å². The summed E-state index contributed by atoms with van der Waals surface area (Å²) in [6.45, 7) is 4.37. The second-order valence-electron chi connectivity index (χ2n) is 3.02. The summed E-state index contributed by atoms with van der Waals surface area (Å²) >= 11 is 4.76. The third kappa shape index (κ3) is 38.9. The monoisotopic (exact) mass is 266 g/mol. The van der Waals surface area contributed by atoms with Crippen LogP contribution in [0, 0.1) is 0 Å². The van der Waals surface area contributed by atoms with Crippen molar-refractivity contribution in [2.75, 3.05) is 0 Å². The van der Waals surface area contributed by atoms with Crippen LogP contribution in [0.25, 0.3) is 0 Å². The van der Waals surface area contributed by atoms with Crippen LogP contribution in [0.3, 0.4) is 0 Å². The number of hydrogen-bond acceptors (Lipinski definition) is 4. The molecule has 0 bridgehead atoms. The average Bonchev–Trinajstić information content (AvgIpc) is 1.94. The fourth-order valence-corrected chi connectivity index (χ4v) is 1.04. The maximum atomic E-state index is 8.55. The second kappa shape index (κ2) is 10.1. The molecule has 0 saturated heterocycles. The van der Waals surface area contributed by atoms with Crippen LogP contribution in [0.2, 0.25) is 4.89 Å². The fraction of sp³-hybridized carbons (Fsp3) is 1.00. The summed E-state index contributed by atoms with van der Waals surface area (Å²) in [5.74, 6) is 0. The summed E-state index contributed by atoms with van der Waals surface area (Å²) in [7, 11) is -5.39. The Labute approximate surface area is 93.7 Å². The molecule has 14 heavy (non-hydrogen) atoms. The molecule has 0 aliphatic rings. The van der Waals surface area contributed by atoms with Gasteiger partial charge in [0.05, 0.1) is 0 Å². The Morgan fingerprint density at radius 2 is 1.64 bits per heavy atom. The van der Waals surface area contributed by atoms with E-state index in [2.05, 4.69) is 13.8 Å². The Morgan fingerprint density at radius 3 is 1.93 bits per heavy atom. The predicted molar refractivity (Wildman–Crippen MR) is 45.8 cm³/mol. The van der Waals surface area contributed by atoms with E-state index in [1.165, 1.54) is 32.1 Å². The van der Waals surface area contributed by atoms with Crippen molar-refractivity contribution in [1.29, 1.82) is 0 Å². The Balaban J connectivity index is 0. The quantitative estimate of drug-likeness (QED) is 0.412. The molecule has 0 N–H and O–H groups in total. The van der Waals surface area contributed by atoms with E-state index >= 15 is 0 Å². The van der Waals surface area contributed by atoms with E-state index in [0.717, 1.165) is 0 Å². The smallest absolute Gasteiger partial charge is 0.159 e. The first-order chi connectivity index (χ1) is 6.27. The van der Waals surface area contributed by atoms with Gasteiger partial charge in [0.1, 0.15) is 0 Å². The second-order valence-corrected chi connectivity index (χ2v) is 4.88. The first kappa shape index (κ1) is 17.0. The van der Waals surface area contributed by atoms with Crippen molar-refractivity contribution in [3.63, 3.8) is 0 Å². The molecule has 0 aromatic carbocycles. The molecule has 0 saturated carbocycles. The van der Waals surface area contributed by atoms with Crippen LogP contribution in [0.4, 0.5) is 0 Å². The van der Waals surface area contributed by atoms with Gasteiger partial charge in [-0.15, -0.1) is 0 Å². The van der Waals surface area contributed by atoms with Crippen molar-refractivity contribution in [3.05, 3.63) is 0 Å². The van der Waals surface area contributed by atoms with E-state index in [9.17, 15) is 0 Å². The van der Waals surface area contributed by atoms with Crippen LogP contribution in [0.5, 0.6) is 0 Å². The molecule has 0 radical (unpaired) electrons. The maximum Gasteiger partial charge on any atom is -0.159 e. The Kier molecular flexibility index (Phi) is 12.3. The molecule has 0 heterocycles. The molecule has 0 spiro atoms. The largest absolute Gasteiger partial charge is 0.822 e. The Morgan fingerprint density at radius 1 is 1.21 bits per heavy atom. The molecular formula is C8H17NiO4P. The molecule has 0 aliphatic heterocycles. The molecule has 0 rings (SSSR count). The van der Waals surface area contributed by atoms with Crippen LogP contribution in [-0.2, 0) is 20.0 Å². The predicted octanol–water partition coefficient (Wildman–Crippen LogP) is 0.487. The van der Waals surface area contributed by atoms with Crippen molar-refractivity contribution in [2.45, 2.75) is 50.8 Å². The van der Waals surface area contributed by atoms with E-state index in [4.69, 9.17) is 34.7 Å². The van der Waals surface area contributed by atoms with Gasteiger partial charge >= 0.3 is 66.3 Å². The fourth-order valence-electron chi connectivity index (χ4n) is 0.840. The molecule has 1 unspecified atom stereocenters. The van der Waals surface area contributed by atoms with E-state index in [-0.39, 0.29) is 0 Å². The Hall–Kier alpha value is 0.604. The average molecular weight is 267 g/mol. The van der Waals surface area contributed by atoms with Crippen LogP contribution in [0.15, 0.2) is 0 Å². The van der Waals surface area contributed by atoms with Crippen molar-refractivity contribution in [2.24, 2.45) is 0 Å². The van der Waals surface area contributed by atoms with Gasteiger partial charge < -0.3 is 19.2 Å². The summed E-state index contributed by atoms with van der Waals surface area (Å²) in [5, 5.41) is 0. The minimum Gasteiger partial charge on any atom is -0.822 e. The first-order valence-corrected chi connectivity index (χ1v) is 6.64. The van der Waals surface area contributed by atoms with E-state index < -0.39 is 7.82 Å². The van der Waals surface area contributed by atoms with Gasteiger partial charge in [0.25, 0.3) is 0 Å². The number of hydrogen-bond donors (Lipinski definition) is 0. The van der Waals surface area contributed by atoms with E-state index in [1.807, 2.05) is 0 Å². The standard InChI is InChI=1S/C8H17.Ni.H3O4P/c1-3-5-7-8-6-4-2;;1-5(2,3)4/h3H,4-8H2,1-2H3;;(H3,1,2,3,4)/q;+3;/p-3. The van der Waals surface area contributed by atoms with Gasteiger partial charge in [-0.05, 0) is 0 Å². The minimum absolute atomic E-state index is 0.529. The van der Waals surface area contributed by atoms with Gasteiger partial charge in [-0.3, -0.25) is 0 Å². The van der Waals surface area contributed by atoms with Crippen LogP contribution >= 0.6 is 7.82 Å². The van der Waals surface area contributed by atoms with Crippen LogP contribution < -0.4 is 14.7 Å². The zero-order valence-electron chi connectivity index (χ0n) is 8.51. The minimum atomic E-state index is -5.39. The maximum absolute atomic E-state index is 8.55. The van der Waals surface area contributed by atoms with Gasteiger partial charge in [0.15, 0.2) is 0 Å². The number of phosphoric acid groups is 1. The van der Waals surface area contributed by atoms with Gasteiger partial charge in [-0.25, -0.2) is 0 Å². The third-order valence-electron chi connectivity index (χ3n) is 1.44. The number of unbranched alkanes of at least 4 members (excludes halogenated alkanes) is 3. The van der Waals surface area contributed by atoms with Crippen LogP contribution in [0.1, 0.15) is 46.0 Å². The SMILES string of the molecule is CCCCCC[CH](C)[Ni+3].O=P([O-])([O-])[O-]. The van der Waals surface area contributed by atoms with Gasteiger partial charge in [0.2, 0.25) is 0 Å². The van der Waals surface area contributed by atoms with Gasteiger partial charge in [-0.1, -0.05) is 0 Å². The van der Waals surface area contributed by atoms with E-state index in [1.54, 1.807) is 0 Å². The summed E-state index contributed by atoms with van der Waals surface area (Å²) in [6.07, 6.45) is 6.68. The summed E-state index contributed by atoms with van der Waals surface area (Å²) < 4.78 is 8.55. The molecule has 88 valence electrons.